The zero-order valence-corrected chi connectivity index (χ0v) is 11.6. The van der Waals surface area contributed by atoms with Crippen molar-refractivity contribution in [1.82, 2.24) is 4.31 Å². The summed E-state index contributed by atoms with van der Waals surface area (Å²) >= 11 is 0. The molecule has 0 aromatic heterocycles. The Labute approximate surface area is 113 Å². The largest absolute Gasteiger partial charge is 0.478 e. The van der Waals surface area contributed by atoms with Crippen molar-refractivity contribution < 1.29 is 18.3 Å². The third kappa shape index (κ3) is 3.65. The van der Waals surface area contributed by atoms with Crippen LogP contribution in [0.3, 0.4) is 0 Å². The maximum Gasteiger partial charge on any atom is 0.335 e. The molecule has 0 saturated heterocycles. The van der Waals surface area contributed by atoms with Gasteiger partial charge in [-0.1, -0.05) is 19.1 Å². The number of sulfonamides is 1. The summed E-state index contributed by atoms with van der Waals surface area (Å²) in [5.41, 5.74) is -0.0453. The summed E-state index contributed by atoms with van der Waals surface area (Å²) in [5, 5.41) is 8.90. The predicted octanol–water partition coefficient (Wildman–Crippen LogP) is 1.97. The lowest BCUT2D eigenvalue weighted by molar-refractivity contribution is 0.0696. The average Bonchev–Trinajstić information content (AvgIpc) is 2.38. The van der Waals surface area contributed by atoms with Crippen molar-refractivity contribution in [2.24, 2.45) is 0 Å². The van der Waals surface area contributed by atoms with Crippen molar-refractivity contribution >= 4 is 16.0 Å². The molecule has 1 aromatic carbocycles. The van der Waals surface area contributed by atoms with Gasteiger partial charge in [-0.2, -0.15) is 4.31 Å². The highest BCUT2D eigenvalue weighted by molar-refractivity contribution is 7.89. The Balaban J connectivity index is 3.20. The van der Waals surface area contributed by atoms with Crippen LogP contribution in [0.2, 0.25) is 0 Å². The van der Waals surface area contributed by atoms with Gasteiger partial charge in [0.1, 0.15) is 0 Å². The Morgan fingerprint density at radius 2 is 2.16 bits per heavy atom. The van der Waals surface area contributed by atoms with Crippen LogP contribution in [0.5, 0.6) is 0 Å². The van der Waals surface area contributed by atoms with Gasteiger partial charge in [0.2, 0.25) is 10.0 Å². The molecule has 0 bridgehead atoms. The first-order chi connectivity index (χ1) is 8.93. The molecule has 0 aliphatic rings. The molecule has 0 heterocycles. The normalized spacial score (nSPS) is 11.5. The van der Waals surface area contributed by atoms with Crippen molar-refractivity contribution in [1.29, 1.82) is 0 Å². The third-order valence-electron chi connectivity index (χ3n) is 2.52. The van der Waals surface area contributed by atoms with Gasteiger partial charge in [-0.25, -0.2) is 13.2 Å². The Hall–Kier alpha value is -1.66. The summed E-state index contributed by atoms with van der Waals surface area (Å²) in [6.45, 7) is 5.98. The Bertz CT molecular complexity index is 566. The minimum atomic E-state index is -3.68. The predicted molar refractivity (Wildman–Crippen MR) is 72.6 cm³/mol. The first-order valence-corrected chi connectivity index (χ1v) is 7.32. The fourth-order valence-corrected chi connectivity index (χ4v) is 3.19. The number of hydrogen-bond donors (Lipinski definition) is 1. The van der Waals surface area contributed by atoms with E-state index in [-0.39, 0.29) is 17.0 Å². The van der Waals surface area contributed by atoms with E-state index in [1.807, 2.05) is 6.92 Å². The molecule has 0 fully saturated rings. The van der Waals surface area contributed by atoms with E-state index in [1.165, 1.54) is 34.6 Å². The molecule has 1 rings (SSSR count). The molecule has 1 N–H and O–H groups in total. The number of benzene rings is 1. The van der Waals surface area contributed by atoms with Gasteiger partial charge < -0.3 is 5.11 Å². The molecule has 0 spiro atoms. The highest BCUT2D eigenvalue weighted by atomic mass is 32.2. The molecule has 0 amide bonds. The van der Waals surface area contributed by atoms with Crippen molar-refractivity contribution in [2.45, 2.75) is 18.2 Å². The fourth-order valence-electron chi connectivity index (χ4n) is 1.64. The van der Waals surface area contributed by atoms with Crippen LogP contribution in [0, 0.1) is 0 Å². The highest BCUT2D eigenvalue weighted by Gasteiger charge is 2.23. The maximum absolute atomic E-state index is 12.4. The molecule has 1 aromatic rings. The lowest BCUT2D eigenvalue weighted by atomic mass is 10.2. The average molecular weight is 283 g/mol. The fraction of sp³-hybridized carbons (Fsp3) is 0.308. The van der Waals surface area contributed by atoms with Crippen LogP contribution < -0.4 is 0 Å². The quantitative estimate of drug-likeness (QED) is 0.776. The monoisotopic (exact) mass is 283 g/mol. The summed E-state index contributed by atoms with van der Waals surface area (Å²) < 4.78 is 26.0. The van der Waals surface area contributed by atoms with E-state index in [1.54, 1.807) is 0 Å². The van der Waals surface area contributed by atoms with Gasteiger partial charge in [0.05, 0.1) is 10.5 Å². The lowest BCUT2D eigenvalue weighted by Crippen LogP contribution is -2.32. The lowest BCUT2D eigenvalue weighted by Gasteiger charge is -2.20. The summed E-state index contributed by atoms with van der Waals surface area (Å²) in [7, 11) is -3.68. The Morgan fingerprint density at radius 1 is 1.47 bits per heavy atom. The number of carbonyl (C=O) groups is 1. The van der Waals surface area contributed by atoms with E-state index < -0.39 is 16.0 Å². The summed E-state index contributed by atoms with van der Waals surface area (Å²) in [4.78, 5) is 10.9. The number of carboxylic acid groups (broad SMARTS) is 1. The third-order valence-corrected chi connectivity index (χ3v) is 4.39. The highest BCUT2D eigenvalue weighted by Crippen LogP contribution is 2.17. The molecule has 6 heteroatoms. The smallest absolute Gasteiger partial charge is 0.335 e. The molecule has 19 heavy (non-hydrogen) atoms. The van der Waals surface area contributed by atoms with Gasteiger partial charge in [0, 0.05) is 13.1 Å². The van der Waals surface area contributed by atoms with Gasteiger partial charge in [-0.3, -0.25) is 0 Å². The molecular weight excluding hydrogens is 266 g/mol. The van der Waals surface area contributed by atoms with Crippen LogP contribution in [-0.4, -0.2) is 36.9 Å². The first-order valence-electron chi connectivity index (χ1n) is 5.88. The topological polar surface area (TPSA) is 74.7 Å². The van der Waals surface area contributed by atoms with E-state index in [0.29, 0.717) is 13.0 Å². The second-order valence-electron chi connectivity index (χ2n) is 3.98. The number of carboxylic acids is 1. The molecule has 0 saturated carbocycles. The van der Waals surface area contributed by atoms with Gasteiger partial charge in [0.15, 0.2) is 0 Å². The van der Waals surface area contributed by atoms with Gasteiger partial charge in [-0.15, -0.1) is 6.58 Å². The van der Waals surface area contributed by atoms with Gasteiger partial charge in [-0.05, 0) is 24.6 Å². The Kier molecular flexibility index (Phi) is 5.26. The van der Waals surface area contributed by atoms with Crippen LogP contribution >= 0.6 is 0 Å². The molecule has 0 aliphatic heterocycles. The molecule has 5 nitrogen and oxygen atoms in total. The number of aromatic carboxylic acids is 1. The van der Waals surface area contributed by atoms with E-state index in [4.69, 9.17) is 5.11 Å². The van der Waals surface area contributed by atoms with Crippen molar-refractivity contribution in [2.75, 3.05) is 13.1 Å². The maximum atomic E-state index is 12.4. The van der Waals surface area contributed by atoms with Crippen LogP contribution in [0.4, 0.5) is 0 Å². The van der Waals surface area contributed by atoms with Crippen LogP contribution in [0.15, 0.2) is 41.8 Å². The van der Waals surface area contributed by atoms with Crippen molar-refractivity contribution in [3.63, 3.8) is 0 Å². The molecule has 0 atom stereocenters. The van der Waals surface area contributed by atoms with Crippen LogP contribution in [0.25, 0.3) is 0 Å². The summed E-state index contributed by atoms with van der Waals surface area (Å²) in [6.07, 6.45) is 2.18. The second-order valence-corrected chi connectivity index (χ2v) is 5.92. The van der Waals surface area contributed by atoms with E-state index in [9.17, 15) is 13.2 Å². The molecular formula is C13H17NO4S. The number of nitrogens with zero attached hydrogens (tertiary/aromatic N) is 1. The van der Waals surface area contributed by atoms with E-state index >= 15 is 0 Å². The standard InChI is InChI=1S/C13H17NO4S/c1-3-8-14(9-4-2)19(17,18)12-7-5-6-11(10-12)13(15)16/h3,5-7,10H,1,4,8-9H2,2H3,(H,15,16). The number of hydrogen-bond acceptors (Lipinski definition) is 3. The van der Waals surface area contributed by atoms with Gasteiger partial charge >= 0.3 is 5.97 Å². The second kappa shape index (κ2) is 6.49. The summed E-state index contributed by atoms with van der Waals surface area (Å²) in [5.74, 6) is -1.15. The van der Waals surface area contributed by atoms with E-state index in [2.05, 4.69) is 6.58 Å². The number of rotatable bonds is 7. The SMILES string of the molecule is C=CCN(CCC)S(=O)(=O)c1cccc(C(=O)O)c1. The van der Waals surface area contributed by atoms with Crippen molar-refractivity contribution in [3.8, 4) is 0 Å². The Morgan fingerprint density at radius 3 is 2.68 bits per heavy atom. The van der Waals surface area contributed by atoms with Crippen LogP contribution in [-0.2, 0) is 10.0 Å². The molecule has 0 aliphatic carbocycles. The van der Waals surface area contributed by atoms with Crippen LogP contribution in [0.1, 0.15) is 23.7 Å². The minimum Gasteiger partial charge on any atom is -0.478 e. The zero-order chi connectivity index (χ0) is 14.5. The molecule has 0 radical (unpaired) electrons. The molecule has 104 valence electrons. The first kappa shape index (κ1) is 15.4. The summed E-state index contributed by atoms with van der Waals surface area (Å²) in [6, 6.07) is 5.35. The molecule has 0 unspecified atom stereocenters. The van der Waals surface area contributed by atoms with Crippen molar-refractivity contribution in [3.05, 3.63) is 42.5 Å². The minimum absolute atomic E-state index is 0.0114. The van der Waals surface area contributed by atoms with E-state index in [0.717, 1.165) is 0 Å². The zero-order valence-electron chi connectivity index (χ0n) is 10.7. The van der Waals surface area contributed by atoms with Gasteiger partial charge in [0.25, 0.3) is 0 Å².